The maximum absolute atomic E-state index is 12.2. The first-order chi connectivity index (χ1) is 12.6. The Hall–Kier alpha value is -3.40. The normalized spacial score (nSPS) is 10.2. The average molecular weight is 345 g/mol. The van der Waals surface area contributed by atoms with Crippen LogP contribution in [0.4, 0.5) is 0 Å². The Balaban J connectivity index is 1.55. The number of ether oxygens (including phenoxy) is 1. The highest BCUT2D eigenvalue weighted by atomic mass is 16.5. The zero-order valence-corrected chi connectivity index (χ0v) is 14.4. The van der Waals surface area contributed by atoms with Crippen molar-refractivity contribution in [3.63, 3.8) is 0 Å². The number of carbonyl (C=O) groups is 2. The van der Waals surface area contributed by atoms with Crippen molar-refractivity contribution >= 4 is 11.7 Å². The minimum absolute atomic E-state index is 0.0187. The molecule has 1 N–H and O–H groups in total. The molecule has 3 aromatic carbocycles. The van der Waals surface area contributed by atoms with Crippen LogP contribution in [0.25, 0.3) is 0 Å². The van der Waals surface area contributed by atoms with E-state index < -0.39 is 0 Å². The first-order valence-electron chi connectivity index (χ1n) is 8.33. The van der Waals surface area contributed by atoms with Gasteiger partial charge in [-0.2, -0.15) is 0 Å². The second kappa shape index (κ2) is 8.12. The first kappa shape index (κ1) is 17.4. The fourth-order valence-electron chi connectivity index (χ4n) is 2.44. The van der Waals surface area contributed by atoms with Crippen LogP contribution in [0.3, 0.4) is 0 Å². The number of Topliss-reactive ketones (excluding diaryl/α,β-unsaturated/α-hetero) is 1. The maximum atomic E-state index is 12.2. The molecular formula is C22H19NO3. The van der Waals surface area contributed by atoms with E-state index in [1.165, 1.54) is 6.92 Å². The number of para-hydroxylation sites is 1. The van der Waals surface area contributed by atoms with Crippen LogP contribution < -0.4 is 10.1 Å². The van der Waals surface area contributed by atoms with Crippen molar-refractivity contribution < 1.29 is 14.3 Å². The van der Waals surface area contributed by atoms with Gasteiger partial charge in [0.2, 0.25) is 0 Å². The Bertz CT molecular complexity index is 885. The Labute approximate surface area is 152 Å². The van der Waals surface area contributed by atoms with Gasteiger partial charge in [0.05, 0.1) is 0 Å². The molecule has 0 spiro atoms. The van der Waals surface area contributed by atoms with Gasteiger partial charge in [-0.05, 0) is 48.9 Å². The monoisotopic (exact) mass is 345 g/mol. The van der Waals surface area contributed by atoms with Crippen molar-refractivity contribution in [1.29, 1.82) is 0 Å². The molecule has 0 saturated heterocycles. The number of hydrogen-bond acceptors (Lipinski definition) is 3. The van der Waals surface area contributed by atoms with Gasteiger partial charge in [0.1, 0.15) is 11.5 Å². The van der Waals surface area contributed by atoms with Gasteiger partial charge < -0.3 is 10.1 Å². The molecule has 4 nitrogen and oxygen atoms in total. The molecule has 3 rings (SSSR count). The van der Waals surface area contributed by atoms with Crippen LogP contribution in [0.15, 0.2) is 78.9 Å². The molecule has 1 amide bonds. The molecule has 0 aliphatic carbocycles. The lowest BCUT2D eigenvalue weighted by Gasteiger charge is -2.08. The SMILES string of the molecule is CC(=O)c1ccc(C(=O)NCc2ccc(Oc3ccccc3)cc2)cc1. The van der Waals surface area contributed by atoms with Crippen LogP contribution in [0.2, 0.25) is 0 Å². The second-order valence-electron chi connectivity index (χ2n) is 5.88. The lowest BCUT2D eigenvalue weighted by atomic mass is 10.1. The summed E-state index contributed by atoms with van der Waals surface area (Å²) in [6, 6.07) is 23.8. The molecule has 0 aliphatic heterocycles. The van der Waals surface area contributed by atoms with Crippen LogP contribution in [-0.4, -0.2) is 11.7 Å². The van der Waals surface area contributed by atoms with E-state index >= 15 is 0 Å². The molecule has 0 aliphatic rings. The third kappa shape index (κ3) is 4.57. The zero-order chi connectivity index (χ0) is 18.4. The minimum Gasteiger partial charge on any atom is -0.457 e. The summed E-state index contributed by atoms with van der Waals surface area (Å²) in [5, 5.41) is 2.87. The summed E-state index contributed by atoms with van der Waals surface area (Å²) < 4.78 is 5.74. The van der Waals surface area contributed by atoms with Crippen molar-refractivity contribution in [2.45, 2.75) is 13.5 Å². The maximum Gasteiger partial charge on any atom is 0.251 e. The second-order valence-corrected chi connectivity index (χ2v) is 5.88. The first-order valence-corrected chi connectivity index (χ1v) is 8.33. The quantitative estimate of drug-likeness (QED) is 0.664. The highest BCUT2D eigenvalue weighted by Gasteiger charge is 2.07. The van der Waals surface area contributed by atoms with Gasteiger partial charge >= 0.3 is 0 Å². The Kier molecular flexibility index (Phi) is 5.44. The molecule has 0 atom stereocenters. The predicted octanol–water partition coefficient (Wildman–Crippen LogP) is 4.61. The lowest BCUT2D eigenvalue weighted by molar-refractivity contribution is 0.0949. The summed E-state index contributed by atoms with van der Waals surface area (Å²) in [4.78, 5) is 23.5. The van der Waals surface area contributed by atoms with E-state index in [2.05, 4.69) is 5.32 Å². The Morgan fingerprint density at radius 2 is 1.35 bits per heavy atom. The third-order valence-electron chi connectivity index (χ3n) is 3.91. The molecule has 3 aromatic rings. The molecule has 0 saturated carbocycles. The average Bonchev–Trinajstić information content (AvgIpc) is 2.68. The number of ketones is 1. The molecule has 4 heteroatoms. The number of carbonyl (C=O) groups excluding carboxylic acids is 2. The fourth-order valence-corrected chi connectivity index (χ4v) is 2.44. The number of amides is 1. The van der Waals surface area contributed by atoms with Gasteiger partial charge in [-0.25, -0.2) is 0 Å². The van der Waals surface area contributed by atoms with Crippen molar-refractivity contribution in [2.24, 2.45) is 0 Å². The topological polar surface area (TPSA) is 55.4 Å². The zero-order valence-electron chi connectivity index (χ0n) is 14.4. The molecular weight excluding hydrogens is 326 g/mol. The van der Waals surface area contributed by atoms with Gasteiger partial charge in [-0.3, -0.25) is 9.59 Å². The van der Waals surface area contributed by atoms with E-state index in [9.17, 15) is 9.59 Å². The van der Waals surface area contributed by atoms with Crippen LogP contribution in [0, 0.1) is 0 Å². The van der Waals surface area contributed by atoms with E-state index in [1.54, 1.807) is 24.3 Å². The minimum atomic E-state index is -0.176. The highest BCUT2D eigenvalue weighted by Crippen LogP contribution is 2.21. The molecule has 130 valence electrons. The summed E-state index contributed by atoms with van der Waals surface area (Å²) >= 11 is 0. The third-order valence-corrected chi connectivity index (χ3v) is 3.91. The summed E-state index contributed by atoms with van der Waals surface area (Å²) in [5.74, 6) is 1.33. The van der Waals surface area contributed by atoms with Crippen LogP contribution in [0.5, 0.6) is 11.5 Å². The molecule has 26 heavy (non-hydrogen) atoms. The Morgan fingerprint density at radius 1 is 0.769 bits per heavy atom. The van der Waals surface area contributed by atoms with Crippen molar-refractivity contribution in [2.75, 3.05) is 0 Å². The van der Waals surface area contributed by atoms with Crippen LogP contribution in [-0.2, 0) is 6.54 Å². The van der Waals surface area contributed by atoms with Gasteiger partial charge in [0, 0.05) is 17.7 Å². The summed E-state index contributed by atoms with van der Waals surface area (Å²) in [5.41, 5.74) is 2.09. The number of rotatable bonds is 6. The molecule has 0 heterocycles. The Morgan fingerprint density at radius 3 is 1.96 bits per heavy atom. The van der Waals surface area contributed by atoms with E-state index in [0.29, 0.717) is 17.7 Å². The number of nitrogens with one attached hydrogen (secondary N) is 1. The van der Waals surface area contributed by atoms with Gasteiger partial charge in [-0.15, -0.1) is 0 Å². The van der Waals surface area contributed by atoms with Gasteiger partial charge in [0.15, 0.2) is 5.78 Å². The van der Waals surface area contributed by atoms with Crippen LogP contribution >= 0.6 is 0 Å². The fraction of sp³-hybridized carbons (Fsp3) is 0.0909. The van der Waals surface area contributed by atoms with E-state index in [4.69, 9.17) is 4.74 Å². The van der Waals surface area contributed by atoms with E-state index in [-0.39, 0.29) is 11.7 Å². The largest absolute Gasteiger partial charge is 0.457 e. The van der Waals surface area contributed by atoms with Crippen LogP contribution in [0.1, 0.15) is 33.2 Å². The molecule has 0 unspecified atom stereocenters. The number of benzene rings is 3. The summed E-state index contributed by atoms with van der Waals surface area (Å²) in [6.07, 6.45) is 0. The standard InChI is InChI=1S/C22H19NO3/c1-16(24)18-9-11-19(12-10-18)22(25)23-15-17-7-13-21(14-8-17)26-20-5-3-2-4-6-20/h2-14H,15H2,1H3,(H,23,25). The molecule has 0 radical (unpaired) electrons. The van der Waals surface area contributed by atoms with Gasteiger partial charge in [0.25, 0.3) is 5.91 Å². The van der Waals surface area contributed by atoms with Crippen molar-refractivity contribution in [1.82, 2.24) is 5.32 Å². The summed E-state index contributed by atoms with van der Waals surface area (Å²) in [6.45, 7) is 1.92. The van der Waals surface area contributed by atoms with Gasteiger partial charge in [-0.1, -0.05) is 42.5 Å². The molecule has 0 aromatic heterocycles. The van der Waals surface area contributed by atoms with Crippen molar-refractivity contribution in [3.8, 4) is 11.5 Å². The van der Waals surface area contributed by atoms with E-state index in [1.807, 2.05) is 54.6 Å². The molecule has 0 fully saturated rings. The molecule has 0 bridgehead atoms. The van der Waals surface area contributed by atoms with E-state index in [0.717, 1.165) is 17.1 Å². The van der Waals surface area contributed by atoms with Crippen molar-refractivity contribution in [3.05, 3.63) is 95.6 Å². The predicted molar refractivity (Wildman–Crippen MR) is 101 cm³/mol. The smallest absolute Gasteiger partial charge is 0.251 e. The lowest BCUT2D eigenvalue weighted by Crippen LogP contribution is -2.22. The number of hydrogen-bond donors (Lipinski definition) is 1. The summed E-state index contributed by atoms with van der Waals surface area (Å²) in [7, 11) is 0. The highest BCUT2D eigenvalue weighted by molar-refractivity contribution is 5.97.